The van der Waals surface area contributed by atoms with Gasteiger partial charge in [-0.25, -0.2) is 4.39 Å². The molecular weight excluding hydrogens is 269 g/mol. The first-order chi connectivity index (χ1) is 9.74. The summed E-state index contributed by atoms with van der Waals surface area (Å²) in [5.74, 6) is 0.458. The van der Waals surface area contributed by atoms with Crippen LogP contribution in [0.15, 0.2) is 24.3 Å². The largest absolute Gasteiger partial charge is 0.311 e. The molecule has 20 heavy (non-hydrogen) atoms. The predicted octanol–water partition coefficient (Wildman–Crippen LogP) is 4.34. The molecule has 3 heteroatoms. The summed E-state index contributed by atoms with van der Waals surface area (Å²) >= 11 is 2.02. The Balaban J connectivity index is 1.42. The van der Waals surface area contributed by atoms with E-state index in [9.17, 15) is 4.39 Å². The molecule has 1 N–H and O–H groups in total. The smallest absolute Gasteiger partial charge is 0.123 e. The summed E-state index contributed by atoms with van der Waals surface area (Å²) in [4.78, 5) is 0. The molecule has 1 nitrogen and oxygen atoms in total. The van der Waals surface area contributed by atoms with Gasteiger partial charge in [0.2, 0.25) is 0 Å². The van der Waals surface area contributed by atoms with E-state index in [0.717, 1.165) is 11.3 Å². The molecule has 0 amide bonds. The van der Waals surface area contributed by atoms with Gasteiger partial charge in [-0.3, -0.25) is 0 Å². The first-order valence-electron chi connectivity index (χ1n) is 7.79. The Morgan fingerprint density at radius 2 is 1.85 bits per heavy atom. The number of rotatable bonds is 4. The van der Waals surface area contributed by atoms with Crippen molar-refractivity contribution in [2.24, 2.45) is 0 Å². The zero-order valence-electron chi connectivity index (χ0n) is 12.1. The third-order valence-corrected chi connectivity index (χ3v) is 6.08. The molecule has 1 aromatic rings. The minimum atomic E-state index is -0.103. The van der Waals surface area contributed by atoms with E-state index in [0.29, 0.717) is 12.0 Å². The first kappa shape index (κ1) is 14.4. The molecule has 0 saturated heterocycles. The molecule has 2 fully saturated rings. The maximum absolute atomic E-state index is 13.2. The molecule has 0 spiro atoms. The van der Waals surface area contributed by atoms with Crippen molar-refractivity contribution in [3.05, 3.63) is 35.6 Å². The van der Waals surface area contributed by atoms with Crippen LogP contribution in [-0.2, 0) is 0 Å². The highest BCUT2D eigenvalue weighted by Gasteiger charge is 2.32. The Hall–Kier alpha value is -0.540. The summed E-state index contributed by atoms with van der Waals surface area (Å²) in [6.45, 7) is 0. The van der Waals surface area contributed by atoms with Crippen LogP contribution >= 0.6 is 11.8 Å². The van der Waals surface area contributed by atoms with Gasteiger partial charge in [-0.1, -0.05) is 12.1 Å². The van der Waals surface area contributed by atoms with Gasteiger partial charge in [0.25, 0.3) is 0 Å². The lowest BCUT2D eigenvalue weighted by Crippen LogP contribution is -2.46. The Labute approximate surface area is 125 Å². The summed E-state index contributed by atoms with van der Waals surface area (Å²) in [6, 6.07) is 8.49. The summed E-state index contributed by atoms with van der Waals surface area (Å²) in [7, 11) is 0. The summed E-state index contributed by atoms with van der Waals surface area (Å²) in [5, 5.41) is 4.70. The van der Waals surface area contributed by atoms with Gasteiger partial charge in [-0.05, 0) is 68.4 Å². The zero-order chi connectivity index (χ0) is 13.9. The highest BCUT2D eigenvalue weighted by molar-refractivity contribution is 7.99. The van der Waals surface area contributed by atoms with Crippen LogP contribution in [0.3, 0.4) is 0 Å². The maximum Gasteiger partial charge on any atom is 0.123 e. The third kappa shape index (κ3) is 3.37. The van der Waals surface area contributed by atoms with Crippen molar-refractivity contribution in [2.45, 2.75) is 61.8 Å². The van der Waals surface area contributed by atoms with Gasteiger partial charge in [0, 0.05) is 17.3 Å². The van der Waals surface area contributed by atoms with E-state index in [-0.39, 0.29) is 5.82 Å². The van der Waals surface area contributed by atoms with Gasteiger partial charge >= 0.3 is 0 Å². The van der Waals surface area contributed by atoms with Crippen LogP contribution in [0.5, 0.6) is 0 Å². The average molecular weight is 293 g/mol. The minimum Gasteiger partial charge on any atom is -0.311 e. The molecule has 0 atom stereocenters. The second-order valence-corrected chi connectivity index (χ2v) is 7.43. The van der Waals surface area contributed by atoms with Crippen molar-refractivity contribution in [3.8, 4) is 0 Å². The molecule has 0 radical (unpaired) electrons. The highest BCUT2D eigenvalue weighted by atomic mass is 32.2. The van der Waals surface area contributed by atoms with E-state index in [1.165, 1.54) is 50.2 Å². The first-order valence-corrected chi connectivity index (χ1v) is 9.07. The summed E-state index contributed by atoms with van der Waals surface area (Å²) in [5.41, 5.74) is 1.18. The molecule has 2 saturated carbocycles. The zero-order valence-corrected chi connectivity index (χ0v) is 13.0. The van der Waals surface area contributed by atoms with Gasteiger partial charge in [-0.15, -0.1) is 0 Å². The number of nitrogens with one attached hydrogen (secondary N) is 1. The lowest BCUT2D eigenvalue weighted by atomic mass is 9.75. The number of halogens is 1. The number of benzene rings is 1. The Morgan fingerprint density at radius 1 is 1.10 bits per heavy atom. The molecule has 3 rings (SSSR count). The second-order valence-electron chi connectivity index (χ2n) is 6.30. The number of hydrogen-bond donors (Lipinski definition) is 1. The topological polar surface area (TPSA) is 12.0 Å². The Morgan fingerprint density at radius 3 is 2.50 bits per heavy atom. The molecule has 0 aromatic heterocycles. The van der Waals surface area contributed by atoms with E-state index in [4.69, 9.17) is 0 Å². The SMILES string of the molecule is CSC1CCC(NC2CC(c3cccc(F)c3)C2)CC1. The third-order valence-electron chi connectivity index (χ3n) is 4.94. The van der Waals surface area contributed by atoms with Crippen molar-refractivity contribution < 1.29 is 4.39 Å². The van der Waals surface area contributed by atoms with Crippen molar-refractivity contribution in [1.29, 1.82) is 0 Å². The number of thioether (sulfide) groups is 1. The molecule has 0 heterocycles. The Kier molecular flexibility index (Phi) is 4.67. The average Bonchev–Trinajstić information content (AvgIpc) is 2.43. The Bertz CT molecular complexity index is 436. The van der Waals surface area contributed by atoms with E-state index >= 15 is 0 Å². The monoisotopic (exact) mass is 293 g/mol. The van der Waals surface area contributed by atoms with E-state index in [2.05, 4.69) is 17.6 Å². The highest BCUT2D eigenvalue weighted by Crippen LogP contribution is 2.38. The fraction of sp³-hybridized carbons (Fsp3) is 0.647. The van der Waals surface area contributed by atoms with Crippen molar-refractivity contribution in [1.82, 2.24) is 5.32 Å². The van der Waals surface area contributed by atoms with Crippen LogP contribution in [0.4, 0.5) is 4.39 Å². The van der Waals surface area contributed by atoms with Crippen LogP contribution in [0, 0.1) is 5.82 Å². The van der Waals surface area contributed by atoms with E-state index in [1.807, 2.05) is 17.8 Å². The summed E-state index contributed by atoms with van der Waals surface area (Å²) < 4.78 is 13.2. The quantitative estimate of drug-likeness (QED) is 0.886. The van der Waals surface area contributed by atoms with Gasteiger partial charge in [-0.2, -0.15) is 11.8 Å². The van der Waals surface area contributed by atoms with Crippen LogP contribution in [0.25, 0.3) is 0 Å². The molecular formula is C17H24FNS. The predicted molar refractivity (Wildman–Crippen MR) is 84.9 cm³/mol. The van der Waals surface area contributed by atoms with E-state index < -0.39 is 0 Å². The molecule has 0 aliphatic heterocycles. The van der Waals surface area contributed by atoms with Crippen LogP contribution in [0.1, 0.15) is 50.0 Å². The fourth-order valence-corrected chi connectivity index (χ4v) is 4.33. The molecule has 2 aliphatic rings. The lowest BCUT2D eigenvalue weighted by Gasteiger charge is -2.40. The van der Waals surface area contributed by atoms with E-state index in [1.54, 1.807) is 6.07 Å². The maximum atomic E-state index is 13.2. The van der Waals surface area contributed by atoms with Gasteiger partial charge in [0.05, 0.1) is 0 Å². The normalized spacial score (nSPS) is 33.7. The van der Waals surface area contributed by atoms with Crippen LogP contribution in [-0.4, -0.2) is 23.6 Å². The summed E-state index contributed by atoms with van der Waals surface area (Å²) in [6.07, 6.45) is 9.95. The molecule has 2 aliphatic carbocycles. The standard InChI is InChI=1S/C17H24FNS/c1-20-17-7-5-15(6-8-17)19-16-10-13(11-16)12-3-2-4-14(18)9-12/h2-4,9,13,15-17,19H,5-8,10-11H2,1H3. The molecule has 0 unspecified atom stereocenters. The lowest BCUT2D eigenvalue weighted by molar-refractivity contribution is 0.239. The number of hydrogen-bond acceptors (Lipinski definition) is 2. The van der Waals surface area contributed by atoms with Gasteiger partial charge in [0.1, 0.15) is 5.82 Å². The second kappa shape index (κ2) is 6.48. The van der Waals surface area contributed by atoms with Crippen molar-refractivity contribution in [2.75, 3.05) is 6.26 Å². The van der Waals surface area contributed by atoms with Gasteiger partial charge in [0.15, 0.2) is 0 Å². The molecule has 1 aromatic carbocycles. The van der Waals surface area contributed by atoms with Crippen molar-refractivity contribution in [3.63, 3.8) is 0 Å². The minimum absolute atomic E-state index is 0.103. The van der Waals surface area contributed by atoms with Crippen LogP contribution < -0.4 is 5.32 Å². The molecule has 0 bridgehead atoms. The molecule has 110 valence electrons. The van der Waals surface area contributed by atoms with Crippen molar-refractivity contribution >= 4 is 11.8 Å². The van der Waals surface area contributed by atoms with Crippen LogP contribution in [0.2, 0.25) is 0 Å². The van der Waals surface area contributed by atoms with Gasteiger partial charge < -0.3 is 5.32 Å². The fourth-order valence-electron chi connectivity index (χ4n) is 3.59.